The van der Waals surface area contributed by atoms with E-state index in [1.54, 1.807) is 13.8 Å². The first kappa shape index (κ1) is 59.9. The fourth-order valence-electron chi connectivity index (χ4n) is 12.1. The Hall–Kier alpha value is -7.76. The highest BCUT2D eigenvalue weighted by Crippen LogP contribution is 2.39. The minimum atomic E-state index is -0.974. The first-order chi connectivity index (χ1) is 41.5. The number of fused-ring (bicyclic) bond motifs is 2. The van der Waals surface area contributed by atoms with Gasteiger partial charge >= 0.3 is 11.4 Å². The molecule has 2 amide bonds. The second-order valence-electron chi connectivity index (χ2n) is 22.0. The Bertz CT molecular complexity index is 3770. The van der Waals surface area contributed by atoms with Crippen molar-refractivity contribution in [1.82, 2.24) is 58.9 Å². The van der Waals surface area contributed by atoms with Gasteiger partial charge in [0.1, 0.15) is 67.1 Å². The number of aliphatic hydroxyl groups excluding tert-OH is 2. The fourth-order valence-corrected chi connectivity index (χ4v) is 14.5. The van der Waals surface area contributed by atoms with Gasteiger partial charge in [0.15, 0.2) is 0 Å². The van der Waals surface area contributed by atoms with Crippen molar-refractivity contribution in [3.63, 3.8) is 0 Å². The predicted octanol–water partition coefficient (Wildman–Crippen LogP) is 5.55. The number of aryl methyl sites for hydroxylation is 2. The molecule has 4 fully saturated rings. The number of benzene rings is 2. The summed E-state index contributed by atoms with van der Waals surface area (Å²) < 4.78 is 58.5. The summed E-state index contributed by atoms with van der Waals surface area (Å²) in [5, 5.41) is 44.2. The summed E-state index contributed by atoms with van der Waals surface area (Å²) in [5.74, 6) is -1.00. The summed E-state index contributed by atoms with van der Waals surface area (Å²) in [7, 11) is 2.95. The summed E-state index contributed by atoms with van der Waals surface area (Å²) in [4.78, 5) is 86.0. The lowest BCUT2D eigenvalue weighted by Gasteiger charge is -2.31. The number of hydrogen-bond acceptors (Lipinski definition) is 18. The van der Waals surface area contributed by atoms with E-state index in [9.17, 15) is 47.8 Å². The summed E-state index contributed by atoms with van der Waals surface area (Å²) >= 11 is 2.36. The van der Waals surface area contributed by atoms with Crippen LogP contribution in [0.4, 0.5) is 8.78 Å². The van der Waals surface area contributed by atoms with E-state index in [2.05, 4.69) is 31.0 Å². The molecular weight excluding hydrogens is 1160 g/mol. The number of amides is 2. The van der Waals surface area contributed by atoms with Gasteiger partial charge in [0.25, 0.3) is 11.1 Å². The van der Waals surface area contributed by atoms with E-state index in [4.69, 9.17) is 18.9 Å². The number of thiophene rings is 2. The largest absolute Gasteiger partial charge is 0.496 e. The highest BCUT2D eigenvalue weighted by molar-refractivity contribution is 7.21. The number of nitrogens with zero attached hydrogens (tertiary/aromatic N) is 10. The van der Waals surface area contributed by atoms with E-state index < -0.39 is 82.4 Å². The van der Waals surface area contributed by atoms with Gasteiger partial charge in [-0.2, -0.15) is 20.4 Å². The maximum Gasteiger partial charge on any atom is 0.332 e. The Morgan fingerprint density at radius 1 is 0.570 bits per heavy atom. The number of carbonyl (C=O) groups is 2. The Labute approximate surface area is 497 Å². The van der Waals surface area contributed by atoms with E-state index >= 15 is 0 Å². The zero-order valence-electron chi connectivity index (χ0n) is 47.7. The van der Waals surface area contributed by atoms with Crippen LogP contribution in [-0.4, -0.2) is 122 Å². The van der Waals surface area contributed by atoms with Crippen molar-refractivity contribution < 1.29 is 47.5 Å². The molecule has 4 atom stereocenters. The Morgan fingerprint density at radius 2 is 0.942 bits per heavy atom. The molecular formula is C58H66F2N12O12S2. The van der Waals surface area contributed by atoms with Crippen LogP contribution in [0, 0.1) is 25.5 Å². The molecule has 2 aliphatic heterocycles. The van der Waals surface area contributed by atoms with Crippen molar-refractivity contribution in [2.45, 2.75) is 153 Å². The summed E-state index contributed by atoms with van der Waals surface area (Å²) in [6.07, 6.45) is 9.57. The second kappa shape index (κ2) is 25.7. The van der Waals surface area contributed by atoms with Crippen LogP contribution in [-0.2, 0) is 32.2 Å². The molecule has 6 aromatic heterocycles. The second-order valence-corrected chi connectivity index (χ2v) is 23.9. The number of rotatable bonds is 16. The number of methoxy groups -OCH3 is 2. The topological polar surface area (TPSA) is 285 Å². The van der Waals surface area contributed by atoms with Gasteiger partial charge in [0.05, 0.1) is 87.3 Å². The summed E-state index contributed by atoms with van der Waals surface area (Å²) in [6.45, 7) is 4.28. The summed E-state index contributed by atoms with van der Waals surface area (Å²) in [6, 6.07) is 6.29. The van der Waals surface area contributed by atoms with Crippen molar-refractivity contribution in [2.24, 2.45) is 0 Å². The summed E-state index contributed by atoms with van der Waals surface area (Å²) in [5.41, 5.74) is -0.496. The van der Waals surface area contributed by atoms with Crippen molar-refractivity contribution in [2.75, 3.05) is 27.3 Å². The number of carbonyl (C=O) groups excluding carboxylic acids is 2. The van der Waals surface area contributed by atoms with Crippen molar-refractivity contribution in [3.8, 4) is 21.5 Å². The van der Waals surface area contributed by atoms with Crippen molar-refractivity contribution in [3.05, 3.63) is 137 Å². The molecule has 2 saturated carbocycles. The standard InChI is InChI=1S/2C29H33FN6O6S/c2*1-16-24-26(39)35(21-4-3-11-31-25(21)38)29(40)34(28(24)43-27(16)36-32-12-13-33-36)15-23(42-19-8-6-18(37)7-9-19)20-14-17(30)5-10-22(20)41-2/h2*5,10,12-14,18-19,21,23,37H,3-4,6-9,11,15H2,1-2H3,(H,31,38)/t18?,19?,21?,23-;18?,19?,21-,23+/m01/s1. The SMILES string of the molecule is COc1ccc(F)cc1[C@H](Cn1c(=O)n(C2CCCNC2=O)c(=O)c2c(C)c(-n3nccn3)sc21)OC1CCC(O)CC1.COc1ccc(F)cc1[C@H](Cn1c(=O)n([C@@H]2CCCNC2=O)c(=O)c2c(C)c(-n3nccn3)sc21)OC1CCC(O)CC1. The predicted molar refractivity (Wildman–Crippen MR) is 313 cm³/mol. The van der Waals surface area contributed by atoms with Gasteiger partial charge in [-0.05, 0) is 127 Å². The van der Waals surface area contributed by atoms with Gasteiger partial charge in [-0.25, -0.2) is 27.5 Å². The molecule has 86 heavy (non-hydrogen) atoms. The van der Waals surface area contributed by atoms with E-state index in [0.29, 0.717) is 144 Å². The molecule has 12 rings (SSSR count). The zero-order chi connectivity index (χ0) is 60.5. The molecule has 456 valence electrons. The van der Waals surface area contributed by atoms with Crippen molar-refractivity contribution in [1.29, 1.82) is 0 Å². The lowest BCUT2D eigenvalue weighted by molar-refractivity contribution is -0.126. The molecule has 8 aromatic rings. The van der Waals surface area contributed by atoms with E-state index in [0.717, 1.165) is 9.13 Å². The first-order valence-corrected chi connectivity index (χ1v) is 30.4. The van der Waals surface area contributed by atoms with Crippen LogP contribution < -0.4 is 42.6 Å². The smallest absolute Gasteiger partial charge is 0.332 e. The van der Waals surface area contributed by atoms with Crippen LogP contribution in [0.25, 0.3) is 30.4 Å². The van der Waals surface area contributed by atoms with Gasteiger partial charge in [-0.3, -0.25) is 28.3 Å². The van der Waals surface area contributed by atoms with Gasteiger partial charge in [0.2, 0.25) is 11.8 Å². The Morgan fingerprint density at radius 3 is 1.29 bits per heavy atom. The minimum absolute atomic E-state index is 0.0885. The highest BCUT2D eigenvalue weighted by Gasteiger charge is 2.36. The molecule has 0 radical (unpaired) electrons. The molecule has 28 heteroatoms. The quantitative estimate of drug-likeness (QED) is 0.0923. The van der Waals surface area contributed by atoms with Crippen LogP contribution in [0.1, 0.15) is 124 Å². The average molecular weight is 1230 g/mol. The monoisotopic (exact) mass is 1220 g/mol. The third-order valence-electron chi connectivity index (χ3n) is 16.5. The molecule has 0 spiro atoms. The maximum atomic E-state index is 14.6. The van der Waals surface area contributed by atoms with E-state index in [-0.39, 0.29) is 36.1 Å². The third-order valence-corrected chi connectivity index (χ3v) is 19.1. The van der Waals surface area contributed by atoms with E-state index in [1.807, 2.05) is 0 Å². The van der Waals surface area contributed by atoms with Crippen LogP contribution >= 0.6 is 22.7 Å². The molecule has 2 aromatic carbocycles. The average Bonchev–Trinajstić information content (AvgIpc) is 2.59. The molecule has 2 aliphatic carbocycles. The van der Waals surface area contributed by atoms with Gasteiger partial charge < -0.3 is 39.8 Å². The lowest BCUT2D eigenvalue weighted by Crippen LogP contribution is -2.49. The molecule has 0 bridgehead atoms. The van der Waals surface area contributed by atoms with Crippen LogP contribution in [0.3, 0.4) is 0 Å². The van der Waals surface area contributed by atoms with Crippen molar-refractivity contribution >= 4 is 54.9 Å². The normalized spacial score (nSPS) is 21.6. The first-order valence-electron chi connectivity index (χ1n) is 28.7. The molecule has 1 unspecified atom stereocenters. The van der Waals surface area contributed by atoms with Crippen LogP contribution in [0.15, 0.2) is 80.4 Å². The number of aromatic nitrogens is 10. The van der Waals surface area contributed by atoms with Gasteiger partial charge in [-0.15, -0.1) is 9.59 Å². The Kier molecular flexibility index (Phi) is 17.9. The molecule has 8 heterocycles. The number of aliphatic hydroxyl groups is 2. The molecule has 24 nitrogen and oxygen atoms in total. The molecule has 4 N–H and O–H groups in total. The highest BCUT2D eigenvalue weighted by atomic mass is 32.1. The minimum Gasteiger partial charge on any atom is -0.496 e. The Balaban J connectivity index is 0.000000179. The van der Waals surface area contributed by atoms with Crippen LogP contribution in [0.2, 0.25) is 0 Å². The third kappa shape index (κ3) is 11.9. The lowest BCUT2D eigenvalue weighted by atomic mass is 9.94. The number of hydrogen-bond donors (Lipinski definition) is 4. The number of piperidine rings is 2. The fraction of sp³-hybridized carbons (Fsp3) is 0.483. The molecule has 4 aliphatic rings. The number of nitrogens with one attached hydrogen (secondary N) is 2. The zero-order valence-corrected chi connectivity index (χ0v) is 49.4. The van der Waals surface area contributed by atoms with E-state index in [1.165, 1.54) is 117 Å². The van der Waals surface area contributed by atoms with Crippen LogP contribution in [0.5, 0.6) is 11.5 Å². The number of ether oxygens (including phenoxy) is 4. The maximum absolute atomic E-state index is 14.6. The number of halogens is 2. The molecule has 2 saturated heterocycles. The van der Waals surface area contributed by atoms with Gasteiger partial charge in [-0.1, -0.05) is 22.7 Å². The van der Waals surface area contributed by atoms with Gasteiger partial charge in [0, 0.05) is 35.3 Å².